The lowest BCUT2D eigenvalue weighted by atomic mass is 9.88. The lowest BCUT2D eigenvalue weighted by molar-refractivity contribution is 0.133. The molecule has 0 bridgehead atoms. The van der Waals surface area contributed by atoms with Crippen molar-refractivity contribution < 1.29 is 0 Å². The Morgan fingerprint density at radius 3 is 2.54 bits per heavy atom. The molecule has 1 heteroatoms. The van der Waals surface area contributed by atoms with Gasteiger partial charge >= 0.3 is 0 Å². The lowest BCUT2D eigenvalue weighted by Gasteiger charge is -2.34. The minimum absolute atomic E-state index is 0.649. The molecule has 0 aromatic heterocycles. The minimum Gasteiger partial charge on any atom is -0.292 e. The van der Waals surface area contributed by atoms with E-state index >= 15 is 0 Å². The molecule has 3 fully saturated rings. The zero-order chi connectivity index (χ0) is 9.10. The topological polar surface area (TPSA) is 3.24 Å². The number of rotatable bonds is 1. The van der Waals surface area contributed by atoms with Crippen LogP contribution in [0.15, 0.2) is 0 Å². The van der Waals surface area contributed by atoms with Crippen molar-refractivity contribution in [3.8, 4) is 0 Å². The molecule has 1 spiro atoms. The van der Waals surface area contributed by atoms with Crippen molar-refractivity contribution in [1.29, 1.82) is 0 Å². The Hall–Kier alpha value is -0.0400. The molecule has 0 aromatic carbocycles. The Kier molecular flexibility index (Phi) is 1.47. The first-order chi connectivity index (χ1) is 6.21. The van der Waals surface area contributed by atoms with Gasteiger partial charge in [-0.3, -0.25) is 4.90 Å². The highest BCUT2D eigenvalue weighted by atomic mass is 15.3. The molecular formula is C12H21N. The Morgan fingerprint density at radius 2 is 1.92 bits per heavy atom. The monoisotopic (exact) mass is 179 g/mol. The second-order valence-electron chi connectivity index (χ2n) is 5.72. The van der Waals surface area contributed by atoms with Crippen LogP contribution in [0.3, 0.4) is 0 Å². The van der Waals surface area contributed by atoms with Crippen molar-refractivity contribution in [3.63, 3.8) is 0 Å². The molecule has 1 saturated carbocycles. The maximum atomic E-state index is 2.91. The molecule has 2 aliphatic heterocycles. The van der Waals surface area contributed by atoms with Gasteiger partial charge in [0.05, 0.1) is 0 Å². The molecule has 0 aromatic rings. The fourth-order valence-electron chi connectivity index (χ4n) is 4.04. The molecule has 2 heterocycles. The number of hydrogen-bond acceptors (Lipinski definition) is 1. The van der Waals surface area contributed by atoms with Crippen molar-refractivity contribution in [2.45, 2.75) is 63.5 Å². The summed E-state index contributed by atoms with van der Waals surface area (Å²) >= 11 is 0. The molecule has 0 amide bonds. The molecule has 13 heavy (non-hydrogen) atoms. The van der Waals surface area contributed by atoms with Crippen LogP contribution in [0.4, 0.5) is 0 Å². The van der Waals surface area contributed by atoms with E-state index in [1.165, 1.54) is 45.1 Å². The Bertz CT molecular complexity index is 231. The van der Waals surface area contributed by atoms with Crippen molar-refractivity contribution in [2.24, 2.45) is 5.92 Å². The lowest BCUT2D eigenvalue weighted by Crippen LogP contribution is -2.42. The van der Waals surface area contributed by atoms with Crippen LogP contribution >= 0.6 is 0 Å². The first kappa shape index (κ1) is 8.28. The summed E-state index contributed by atoms with van der Waals surface area (Å²) in [5.74, 6) is 0.956. The summed E-state index contributed by atoms with van der Waals surface area (Å²) in [6.45, 7) is 6.23. The predicted octanol–water partition coefficient (Wildman–Crippen LogP) is 2.80. The van der Waals surface area contributed by atoms with Gasteiger partial charge in [-0.1, -0.05) is 13.8 Å². The Morgan fingerprint density at radius 1 is 1.23 bits per heavy atom. The molecule has 2 unspecified atom stereocenters. The van der Waals surface area contributed by atoms with E-state index in [1.807, 2.05) is 0 Å². The molecular weight excluding hydrogens is 158 g/mol. The van der Waals surface area contributed by atoms with E-state index in [-0.39, 0.29) is 0 Å². The maximum Gasteiger partial charge on any atom is 0.0217 e. The molecule has 2 atom stereocenters. The van der Waals surface area contributed by atoms with Crippen LogP contribution in [0.2, 0.25) is 0 Å². The first-order valence-electron chi connectivity index (χ1n) is 5.99. The molecule has 3 aliphatic rings. The molecule has 1 nitrogen and oxygen atoms in total. The van der Waals surface area contributed by atoms with Crippen LogP contribution in [-0.4, -0.2) is 22.5 Å². The van der Waals surface area contributed by atoms with E-state index in [1.54, 1.807) is 0 Å². The van der Waals surface area contributed by atoms with E-state index in [4.69, 9.17) is 0 Å². The quantitative estimate of drug-likeness (QED) is 0.598. The largest absolute Gasteiger partial charge is 0.292 e. The van der Waals surface area contributed by atoms with E-state index in [9.17, 15) is 0 Å². The van der Waals surface area contributed by atoms with Crippen LogP contribution in [-0.2, 0) is 0 Å². The van der Waals surface area contributed by atoms with Crippen LogP contribution < -0.4 is 0 Å². The van der Waals surface area contributed by atoms with Crippen molar-refractivity contribution in [2.75, 3.05) is 6.54 Å². The molecule has 0 N–H and O–H groups in total. The third-order valence-electron chi connectivity index (χ3n) is 4.91. The summed E-state index contributed by atoms with van der Waals surface area (Å²) in [4.78, 5) is 2.91. The van der Waals surface area contributed by atoms with E-state index in [0.29, 0.717) is 5.54 Å². The number of fused-ring (bicyclic) bond motifs is 2. The maximum absolute atomic E-state index is 2.91. The molecule has 2 saturated heterocycles. The molecule has 3 rings (SSSR count). The van der Waals surface area contributed by atoms with Crippen LogP contribution in [0, 0.1) is 5.92 Å². The summed E-state index contributed by atoms with van der Waals surface area (Å²) in [5.41, 5.74) is 1.37. The summed E-state index contributed by atoms with van der Waals surface area (Å²) in [7, 11) is 0. The zero-order valence-corrected chi connectivity index (χ0v) is 8.97. The summed E-state index contributed by atoms with van der Waals surface area (Å²) in [6.07, 6.45) is 8.87. The van der Waals surface area contributed by atoms with Gasteiger partial charge in [0.2, 0.25) is 0 Å². The SMILES string of the molecule is CCC12CCC3(CC3)N1CC(C)C2. The molecule has 74 valence electrons. The molecule has 0 radical (unpaired) electrons. The van der Waals surface area contributed by atoms with E-state index in [2.05, 4.69) is 18.7 Å². The normalized spacial score (nSPS) is 47.1. The standard InChI is InChI=1S/C12H21N/c1-3-11-4-5-12(6-7-12)13(11)9-10(2)8-11/h10H,3-9H2,1-2H3. The van der Waals surface area contributed by atoms with Crippen molar-refractivity contribution in [3.05, 3.63) is 0 Å². The third-order valence-corrected chi connectivity index (χ3v) is 4.91. The average Bonchev–Trinajstić information content (AvgIpc) is 2.75. The van der Waals surface area contributed by atoms with Crippen LogP contribution in [0.5, 0.6) is 0 Å². The highest BCUT2D eigenvalue weighted by Gasteiger charge is 2.62. The van der Waals surface area contributed by atoms with Gasteiger partial charge in [0.1, 0.15) is 0 Å². The van der Waals surface area contributed by atoms with Crippen molar-refractivity contribution in [1.82, 2.24) is 4.90 Å². The van der Waals surface area contributed by atoms with Gasteiger partial charge in [0, 0.05) is 17.6 Å². The highest BCUT2D eigenvalue weighted by molar-refractivity contribution is 5.18. The average molecular weight is 179 g/mol. The van der Waals surface area contributed by atoms with Crippen LogP contribution in [0.1, 0.15) is 52.4 Å². The smallest absolute Gasteiger partial charge is 0.0217 e. The third kappa shape index (κ3) is 0.918. The van der Waals surface area contributed by atoms with E-state index < -0.39 is 0 Å². The van der Waals surface area contributed by atoms with E-state index in [0.717, 1.165) is 11.5 Å². The summed E-state index contributed by atoms with van der Waals surface area (Å²) in [6, 6.07) is 0. The highest BCUT2D eigenvalue weighted by Crippen LogP contribution is 2.60. The number of hydrogen-bond donors (Lipinski definition) is 0. The van der Waals surface area contributed by atoms with Gasteiger partial charge in [-0.05, 0) is 44.4 Å². The van der Waals surface area contributed by atoms with Crippen LogP contribution in [0.25, 0.3) is 0 Å². The van der Waals surface area contributed by atoms with Gasteiger partial charge < -0.3 is 0 Å². The van der Waals surface area contributed by atoms with Crippen molar-refractivity contribution >= 4 is 0 Å². The second-order valence-corrected chi connectivity index (χ2v) is 5.72. The number of nitrogens with zero attached hydrogens (tertiary/aromatic N) is 1. The predicted molar refractivity (Wildman–Crippen MR) is 54.7 cm³/mol. The first-order valence-corrected chi connectivity index (χ1v) is 5.99. The van der Waals surface area contributed by atoms with Gasteiger partial charge in [0.15, 0.2) is 0 Å². The van der Waals surface area contributed by atoms with Gasteiger partial charge in [-0.15, -0.1) is 0 Å². The van der Waals surface area contributed by atoms with Gasteiger partial charge in [0.25, 0.3) is 0 Å². The fourth-order valence-corrected chi connectivity index (χ4v) is 4.04. The second kappa shape index (κ2) is 2.31. The minimum atomic E-state index is 0.649. The fraction of sp³-hybridized carbons (Fsp3) is 1.00. The zero-order valence-electron chi connectivity index (χ0n) is 8.97. The summed E-state index contributed by atoms with van der Waals surface area (Å²) in [5, 5.41) is 0. The molecule has 1 aliphatic carbocycles. The Labute approximate surface area is 81.5 Å². The van der Waals surface area contributed by atoms with Gasteiger partial charge in [-0.2, -0.15) is 0 Å². The summed E-state index contributed by atoms with van der Waals surface area (Å²) < 4.78 is 0. The van der Waals surface area contributed by atoms with Gasteiger partial charge in [-0.25, -0.2) is 0 Å². The Balaban J connectivity index is 1.93.